The second-order valence-electron chi connectivity index (χ2n) is 7.59. The Morgan fingerprint density at radius 2 is 2.10 bits per heavy atom. The van der Waals surface area contributed by atoms with Crippen molar-refractivity contribution in [3.63, 3.8) is 0 Å². The van der Waals surface area contributed by atoms with Crippen molar-refractivity contribution in [1.29, 1.82) is 0 Å². The SMILES string of the molecule is CC1CCCN(C(c2ccc(Cl)cc2)c2sc3nc(-c4ccco4)nn3c2O)C1. The van der Waals surface area contributed by atoms with Crippen LogP contribution < -0.4 is 0 Å². The van der Waals surface area contributed by atoms with Crippen LogP contribution in [0.1, 0.15) is 36.2 Å². The molecule has 5 rings (SSSR count). The molecule has 0 aliphatic carbocycles. The van der Waals surface area contributed by atoms with E-state index in [4.69, 9.17) is 16.0 Å². The average Bonchev–Trinajstić information content (AvgIpc) is 3.43. The van der Waals surface area contributed by atoms with Crippen molar-refractivity contribution in [1.82, 2.24) is 19.5 Å². The molecule has 2 atom stereocenters. The van der Waals surface area contributed by atoms with Crippen molar-refractivity contribution >= 4 is 27.9 Å². The number of rotatable bonds is 4. The van der Waals surface area contributed by atoms with Gasteiger partial charge >= 0.3 is 0 Å². The van der Waals surface area contributed by atoms with Gasteiger partial charge in [0.05, 0.1) is 17.2 Å². The standard InChI is InChI=1S/C21H21ClN4O2S/c1-13-4-2-10-25(12-13)17(14-6-8-15(22)9-7-14)18-20(27)26-21(29-18)23-19(24-26)16-5-3-11-28-16/h3,5-9,11,13,17,27H,2,4,10,12H2,1H3. The lowest BCUT2D eigenvalue weighted by atomic mass is 9.95. The number of thiazole rings is 1. The second-order valence-corrected chi connectivity index (χ2v) is 9.04. The number of furan rings is 1. The lowest BCUT2D eigenvalue weighted by molar-refractivity contribution is 0.149. The van der Waals surface area contributed by atoms with E-state index in [-0.39, 0.29) is 11.9 Å². The molecule has 0 amide bonds. The number of hydrogen-bond acceptors (Lipinski definition) is 6. The van der Waals surface area contributed by atoms with Crippen molar-refractivity contribution in [2.24, 2.45) is 5.92 Å². The van der Waals surface area contributed by atoms with Crippen LogP contribution in [0.5, 0.6) is 5.88 Å². The Kier molecular flexibility index (Phi) is 4.81. The van der Waals surface area contributed by atoms with E-state index < -0.39 is 0 Å². The molecule has 3 aromatic heterocycles. The van der Waals surface area contributed by atoms with Crippen LogP contribution in [0.15, 0.2) is 47.1 Å². The monoisotopic (exact) mass is 428 g/mol. The van der Waals surface area contributed by atoms with Gasteiger partial charge in [0.15, 0.2) is 5.76 Å². The lowest BCUT2D eigenvalue weighted by Gasteiger charge is -2.37. The first-order chi connectivity index (χ1) is 14.1. The van der Waals surface area contributed by atoms with Crippen LogP contribution in [-0.4, -0.2) is 37.7 Å². The molecule has 4 aromatic rings. The molecule has 0 spiro atoms. The van der Waals surface area contributed by atoms with E-state index >= 15 is 0 Å². The van der Waals surface area contributed by atoms with Gasteiger partial charge in [-0.1, -0.05) is 42.0 Å². The number of piperidine rings is 1. The highest BCUT2D eigenvalue weighted by atomic mass is 35.5. The summed E-state index contributed by atoms with van der Waals surface area (Å²) in [5, 5.41) is 16.2. The van der Waals surface area contributed by atoms with Crippen LogP contribution in [-0.2, 0) is 0 Å². The maximum absolute atomic E-state index is 11.1. The van der Waals surface area contributed by atoms with Crippen LogP contribution in [0, 0.1) is 5.92 Å². The zero-order valence-electron chi connectivity index (χ0n) is 16.0. The third-order valence-corrected chi connectivity index (χ3v) is 6.75. The maximum atomic E-state index is 11.1. The summed E-state index contributed by atoms with van der Waals surface area (Å²) in [4.78, 5) is 8.50. The highest BCUT2D eigenvalue weighted by Gasteiger charge is 2.32. The quantitative estimate of drug-likeness (QED) is 0.482. The summed E-state index contributed by atoms with van der Waals surface area (Å²) in [7, 11) is 0. The fourth-order valence-corrected chi connectivity index (χ4v) is 5.31. The molecule has 1 aromatic carbocycles. The van der Waals surface area contributed by atoms with E-state index in [1.54, 1.807) is 12.3 Å². The zero-order valence-corrected chi connectivity index (χ0v) is 17.5. The van der Waals surface area contributed by atoms with Gasteiger partial charge in [0.25, 0.3) is 0 Å². The Balaban J connectivity index is 1.59. The van der Waals surface area contributed by atoms with Crippen LogP contribution >= 0.6 is 22.9 Å². The summed E-state index contributed by atoms with van der Waals surface area (Å²) in [6.45, 7) is 4.25. The fraction of sp³-hybridized carbons (Fsp3) is 0.333. The summed E-state index contributed by atoms with van der Waals surface area (Å²) in [5.41, 5.74) is 1.11. The van der Waals surface area contributed by atoms with Crippen LogP contribution in [0.2, 0.25) is 5.02 Å². The normalized spacial score (nSPS) is 19.0. The molecule has 4 heterocycles. The number of hydrogen-bond donors (Lipinski definition) is 1. The van der Waals surface area contributed by atoms with Crippen molar-refractivity contribution in [2.45, 2.75) is 25.8 Å². The Morgan fingerprint density at radius 3 is 2.79 bits per heavy atom. The molecule has 29 heavy (non-hydrogen) atoms. The van der Waals surface area contributed by atoms with Crippen molar-refractivity contribution in [2.75, 3.05) is 13.1 Å². The van der Waals surface area contributed by atoms with E-state index in [1.165, 1.54) is 22.3 Å². The first-order valence-electron chi connectivity index (χ1n) is 9.72. The number of benzene rings is 1. The Bertz CT molecular complexity index is 1120. The number of likely N-dealkylation sites (tertiary alicyclic amines) is 1. The molecule has 8 heteroatoms. The third-order valence-electron chi connectivity index (χ3n) is 5.43. The summed E-state index contributed by atoms with van der Waals surface area (Å²) in [6.07, 6.45) is 3.97. The van der Waals surface area contributed by atoms with Crippen molar-refractivity contribution in [3.8, 4) is 17.5 Å². The van der Waals surface area contributed by atoms with Gasteiger partial charge in [-0.05, 0) is 55.1 Å². The minimum Gasteiger partial charge on any atom is -0.492 e. The summed E-state index contributed by atoms with van der Waals surface area (Å²) < 4.78 is 6.90. The molecule has 1 aliphatic heterocycles. The summed E-state index contributed by atoms with van der Waals surface area (Å²) in [6, 6.07) is 11.4. The van der Waals surface area contributed by atoms with E-state index in [0.29, 0.717) is 27.5 Å². The van der Waals surface area contributed by atoms with E-state index in [2.05, 4.69) is 21.9 Å². The van der Waals surface area contributed by atoms with Crippen LogP contribution in [0.4, 0.5) is 0 Å². The van der Waals surface area contributed by atoms with Crippen LogP contribution in [0.25, 0.3) is 16.5 Å². The molecule has 0 bridgehead atoms. The van der Waals surface area contributed by atoms with Gasteiger partial charge in [0.2, 0.25) is 16.7 Å². The largest absolute Gasteiger partial charge is 0.492 e. The molecule has 1 fully saturated rings. The predicted molar refractivity (Wildman–Crippen MR) is 113 cm³/mol. The van der Waals surface area contributed by atoms with Gasteiger partial charge in [-0.3, -0.25) is 4.90 Å². The Labute approximate surface area is 177 Å². The zero-order chi connectivity index (χ0) is 20.0. The molecule has 1 N–H and O–H groups in total. The number of nitrogens with zero attached hydrogens (tertiary/aromatic N) is 4. The molecule has 150 valence electrons. The molecule has 0 radical (unpaired) electrons. The third kappa shape index (κ3) is 3.43. The Hall–Kier alpha value is -2.35. The van der Waals surface area contributed by atoms with E-state index in [1.807, 2.05) is 30.3 Å². The predicted octanol–water partition coefficient (Wildman–Crippen LogP) is 5.23. The maximum Gasteiger partial charge on any atom is 0.230 e. The molecule has 0 saturated carbocycles. The second kappa shape index (κ2) is 7.48. The first-order valence-corrected chi connectivity index (χ1v) is 10.9. The summed E-state index contributed by atoms with van der Waals surface area (Å²) in [5.74, 6) is 1.81. The van der Waals surface area contributed by atoms with Crippen molar-refractivity contribution < 1.29 is 9.52 Å². The molecule has 6 nitrogen and oxygen atoms in total. The lowest BCUT2D eigenvalue weighted by Crippen LogP contribution is -2.37. The summed E-state index contributed by atoms with van der Waals surface area (Å²) >= 11 is 7.59. The van der Waals surface area contributed by atoms with E-state index in [0.717, 1.165) is 30.0 Å². The number of halogens is 1. The fourth-order valence-electron chi connectivity index (χ4n) is 4.07. The first kappa shape index (κ1) is 18.7. The number of aromatic nitrogens is 3. The van der Waals surface area contributed by atoms with Gasteiger partial charge in [0, 0.05) is 11.6 Å². The molecule has 1 aliphatic rings. The molecular weight excluding hydrogens is 408 g/mol. The highest BCUT2D eigenvalue weighted by molar-refractivity contribution is 7.17. The number of fused-ring (bicyclic) bond motifs is 1. The van der Waals surface area contributed by atoms with Gasteiger partial charge < -0.3 is 9.52 Å². The smallest absolute Gasteiger partial charge is 0.230 e. The van der Waals surface area contributed by atoms with E-state index in [9.17, 15) is 5.11 Å². The Morgan fingerprint density at radius 1 is 1.28 bits per heavy atom. The molecule has 2 unspecified atom stereocenters. The van der Waals surface area contributed by atoms with Crippen LogP contribution in [0.3, 0.4) is 0 Å². The number of aromatic hydroxyl groups is 1. The van der Waals surface area contributed by atoms with Gasteiger partial charge in [-0.2, -0.15) is 9.50 Å². The minimum atomic E-state index is -0.0596. The van der Waals surface area contributed by atoms with Crippen molar-refractivity contribution in [3.05, 3.63) is 58.1 Å². The molecular formula is C21H21ClN4O2S. The minimum absolute atomic E-state index is 0.0596. The topological polar surface area (TPSA) is 66.8 Å². The van der Waals surface area contributed by atoms with Gasteiger partial charge in [0.1, 0.15) is 0 Å². The highest BCUT2D eigenvalue weighted by Crippen LogP contribution is 2.42. The molecule has 1 saturated heterocycles. The average molecular weight is 429 g/mol. The van der Waals surface area contributed by atoms with Gasteiger partial charge in [-0.25, -0.2) is 0 Å². The van der Waals surface area contributed by atoms with Gasteiger partial charge in [-0.15, -0.1) is 5.10 Å².